The first-order valence-electron chi connectivity index (χ1n) is 10.1. The summed E-state index contributed by atoms with van der Waals surface area (Å²) < 4.78 is 7.42. The van der Waals surface area contributed by atoms with Crippen molar-refractivity contribution in [2.45, 2.75) is 13.1 Å². The molecule has 5 nitrogen and oxygen atoms in total. The van der Waals surface area contributed by atoms with Gasteiger partial charge in [0.1, 0.15) is 0 Å². The molecule has 29 heavy (non-hydrogen) atoms. The number of benzene rings is 2. The van der Waals surface area contributed by atoms with Crippen molar-refractivity contribution in [3.8, 4) is 11.4 Å². The van der Waals surface area contributed by atoms with E-state index in [1.807, 2.05) is 34.9 Å². The zero-order valence-corrected chi connectivity index (χ0v) is 16.1. The Hall–Kier alpha value is -3.02. The second kappa shape index (κ2) is 6.51. The molecule has 2 aromatic heterocycles. The first-order valence-corrected chi connectivity index (χ1v) is 10.1. The lowest BCUT2D eigenvalue weighted by molar-refractivity contribution is 0.0342. The fourth-order valence-corrected chi connectivity index (χ4v) is 4.67. The van der Waals surface area contributed by atoms with E-state index < -0.39 is 0 Å². The Morgan fingerprint density at radius 3 is 2.59 bits per heavy atom. The maximum atomic E-state index is 13.2. The van der Waals surface area contributed by atoms with Gasteiger partial charge in [0.05, 0.1) is 36.7 Å². The molecule has 0 aliphatic carbocycles. The Morgan fingerprint density at radius 2 is 1.72 bits per heavy atom. The highest BCUT2D eigenvalue weighted by Gasteiger charge is 2.27. The molecule has 0 bridgehead atoms. The van der Waals surface area contributed by atoms with E-state index in [1.165, 1.54) is 16.5 Å². The molecule has 0 N–H and O–H groups in total. The molecule has 4 aromatic rings. The normalized spacial score (nSPS) is 16.3. The van der Waals surface area contributed by atoms with Gasteiger partial charge in [0.2, 0.25) is 0 Å². The van der Waals surface area contributed by atoms with E-state index in [1.54, 1.807) is 0 Å². The molecule has 144 valence electrons. The van der Waals surface area contributed by atoms with Crippen molar-refractivity contribution >= 4 is 21.7 Å². The average molecular weight is 383 g/mol. The molecular weight excluding hydrogens is 362 g/mol. The fraction of sp³-hybridized carbons (Fsp3) is 0.250. The number of aromatic nitrogens is 2. The third-order valence-electron chi connectivity index (χ3n) is 6.18. The number of ether oxygens (including phenoxy) is 1. The van der Waals surface area contributed by atoms with Crippen LogP contribution in [0.3, 0.4) is 0 Å². The molecule has 5 heteroatoms. The first-order chi connectivity index (χ1) is 14.3. The van der Waals surface area contributed by atoms with E-state index in [0.29, 0.717) is 6.54 Å². The Labute approximate surface area is 168 Å². The number of nitrogens with zero attached hydrogens (tertiary/aromatic N) is 3. The molecule has 0 radical (unpaired) electrons. The van der Waals surface area contributed by atoms with E-state index in [0.717, 1.165) is 60.5 Å². The molecule has 0 unspecified atom stereocenters. The lowest BCUT2D eigenvalue weighted by Crippen LogP contribution is -2.36. The van der Waals surface area contributed by atoms with Crippen LogP contribution < -0.4 is 5.56 Å². The van der Waals surface area contributed by atoms with Crippen LogP contribution >= 0.6 is 0 Å². The van der Waals surface area contributed by atoms with Gasteiger partial charge in [-0.05, 0) is 29.1 Å². The summed E-state index contributed by atoms with van der Waals surface area (Å²) >= 11 is 0. The van der Waals surface area contributed by atoms with Gasteiger partial charge >= 0.3 is 0 Å². The minimum Gasteiger partial charge on any atom is -0.379 e. The summed E-state index contributed by atoms with van der Waals surface area (Å²) in [5, 5.41) is 2.92. The van der Waals surface area contributed by atoms with Crippen LogP contribution in [0.1, 0.15) is 11.1 Å². The van der Waals surface area contributed by atoms with Crippen LogP contribution in [-0.4, -0.2) is 40.8 Å². The summed E-state index contributed by atoms with van der Waals surface area (Å²) in [5.74, 6) is 0. The number of hydrogen-bond acceptors (Lipinski definition) is 4. The van der Waals surface area contributed by atoms with Gasteiger partial charge in [0.25, 0.3) is 5.56 Å². The van der Waals surface area contributed by atoms with Crippen molar-refractivity contribution in [1.82, 2.24) is 14.5 Å². The highest BCUT2D eigenvalue weighted by atomic mass is 16.5. The van der Waals surface area contributed by atoms with Crippen LogP contribution in [-0.2, 0) is 17.8 Å². The fourth-order valence-electron chi connectivity index (χ4n) is 4.67. The van der Waals surface area contributed by atoms with E-state index in [9.17, 15) is 4.79 Å². The van der Waals surface area contributed by atoms with Crippen LogP contribution in [0.15, 0.2) is 59.4 Å². The summed E-state index contributed by atoms with van der Waals surface area (Å²) in [5.41, 5.74) is 5.41. The molecule has 1 fully saturated rings. The summed E-state index contributed by atoms with van der Waals surface area (Å²) in [7, 11) is 0. The van der Waals surface area contributed by atoms with Crippen LogP contribution in [0.4, 0.5) is 0 Å². The highest BCUT2D eigenvalue weighted by molar-refractivity contribution is 5.91. The van der Waals surface area contributed by atoms with E-state index >= 15 is 0 Å². The lowest BCUT2D eigenvalue weighted by atomic mass is 9.99. The molecule has 2 aliphatic rings. The molecule has 0 spiro atoms. The smallest absolute Gasteiger partial charge is 0.259 e. The predicted molar refractivity (Wildman–Crippen MR) is 114 cm³/mol. The monoisotopic (exact) mass is 383 g/mol. The maximum absolute atomic E-state index is 13.2. The Balaban J connectivity index is 1.59. The van der Waals surface area contributed by atoms with Gasteiger partial charge < -0.3 is 9.30 Å². The third-order valence-corrected chi connectivity index (χ3v) is 6.18. The highest BCUT2D eigenvalue weighted by Crippen LogP contribution is 2.36. The second-order valence-electron chi connectivity index (χ2n) is 7.83. The summed E-state index contributed by atoms with van der Waals surface area (Å²) in [6, 6.07) is 18.3. The quantitative estimate of drug-likeness (QED) is 0.469. The Morgan fingerprint density at radius 1 is 0.966 bits per heavy atom. The van der Waals surface area contributed by atoms with Gasteiger partial charge in [-0.25, -0.2) is 4.98 Å². The number of pyridine rings is 2. The number of fused-ring (bicyclic) bond motifs is 5. The summed E-state index contributed by atoms with van der Waals surface area (Å²) in [6.45, 7) is 4.86. The van der Waals surface area contributed by atoms with Crippen molar-refractivity contribution < 1.29 is 4.74 Å². The van der Waals surface area contributed by atoms with Gasteiger partial charge in [0.15, 0.2) is 0 Å². The van der Waals surface area contributed by atoms with Crippen molar-refractivity contribution in [2.75, 3.05) is 26.3 Å². The SMILES string of the molecule is O=c1c2ccccc2cc2n1Cc1c-2nc2ccccc2c1CN1CCOCC1. The van der Waals surface area contributed by atoms with Crippen molar-refractivity contribution in [3.63, 3.8) is 0 Å². The third kappa shape index (κ3) is 2.62. The van der Waals surface area contributed by atoms with Gasteiger partial charge in [-0.1, -0.05) is 36.4 Å². The van der Waals surface area contributed by atoms with E-state index in [2.05, 4.69) is 29.2 Å². The zero-order chi connectivity index (χ0) is 19.4. The number of hydrogen-bond donors (Lipinski definition) is 0. The minimum absolute atomic E-state index is 0.0671. The van der Waals surface area contributed by atoms with E-state index in [4.69, 9.17) is 9.72 Å². The topological polar surface area (TPSA) is 47.4 Å². The molecular formula is C24H21N3O2. The molecule has 2 aromatic carbocycles. The largest absolute Gasteiger partial charge is 0.379 e. The lowest BCUT2D eigenvalue weighted by Gasteiger charge is -2.27. The van der Waals surface area contributed by atoms with Crippen molar-refractivity contribution in [3.05, 3.63) is 76.1 Å². The molecule has 0 atom stereocenters. The molecule has 2 aliphatic heterocycles. The van der Waals surface area contributed by atoms with Crippen molar-refractivity contribution in [1.29, 1.82) is 0 Å². The predicted octanol–water partition coefficient (Wildman–Crippen LogP) is 3.41. The Kier molecular flexibility index (Phi) is 3.79. The standard InChI is InChI=1S/C24H21N3O2/c28-24-17-6-2-1-5-16(17)13-22-23-20(15-27(22)24)19(14-26-9-11-29-12-10-26)18-7-3-4-8-21(18)25-23/h1-8,13H,9-12,14-15H2. The van der Waals surface area contributed by atoms with Gasteiger partial charge in [-0.3, -0.25) is 9.69 Å². The van der Waals surface area contributed by atoms with Gasteiger partial charge in [0, 0.05) is 36.0 Å². The summed E-state index contributed by atoms with van der Waals surface area (Å²) in [4.78, 5) is 20.6. The van der Waals surface area contributed by atoms with Crippen molar-refractivity contribution in [2.24, 2.45) is 0 Å². The molecule has 4 heterocycles. The van der Waals surface area contributed by atoms with Crippen LogP contribution in [0, 0.1) is 0 Å². The minimum atomic E-state index is 0.0671. The number of morpholine rings is 1. The number of rotatable bonds is 2. The average Bonchev–Trinajstić information content (AvgIpc) is 3.13. The molecule has 1 saturated heterocycles. The van der Waals surface area contributed by atoms with Gasteiger partial charge in [-0.2, -0.15) is 0 Å². The van der Waals surface area contributed by atoms with Crippen LogP contribution in [0.25, 0.3) is 33.1 Å². The first kappa shape index (κ1) is 16.9. The van der Waals surface area contributed by atoms with Crippen LogP contribution in [0.2, 0.25) is 0 Å². The maximum Gasteiger partial charge on any atom is 0.259 e. The van der Waals surface area contributed by atoms with Crippen LogP contribution in [0.5, 0.6) is 0 Å². The Bertz CT molecular complexity index is 1320. The molecule has 0 saturated carbocycles. The zero-order valence-electron chi connectivity index (χ0n) is 16.1. The summed E-state index contributed by atoms with van der Waals surface area (Å²) in [6.07, 6.45) is 0. The molecule has 0 amide bonds. The molecule has 6 rings (SSSR count). The van der Waals surface area contributed by atoms with E-state index in [-0.39, 0.29) is 5.56 Å². The van der Waals surface area contributed by atoms with Gasteiger partial charge in [-0.15, -0.1) is 0 Å². The second-order valence-corrected chi connectivity index (χ2v) is 7.83. The number of para-hydroxylation sites is 1.